The molecule has 6 aromatic carbocycles. The fourth-order valence-corrected chi connectivity index (χ4v) is 7.75. The van der Waals surface area contributed by atoms with Crippen LogP contribution in [0.4, 0.5) is 27.6 Å². The van der Waals surface area contributed by atoms with Crippen LogP contribution in [0.2, 0.25) is 0 Å². The minimum absolute atomic E-state index is 0.0825. The van der Waals surface area contributed by atoms with Gasteiger partial charge in [0.05, 0.1) is 45.6 Å². The van der Waals surface area contributed by atoms with Crippen LogP contribution in [-0.4, -0.2) is 29.1 Å². The summed E-state index contributed by atoms with van der Waals surface area (Å²) >= 11 is 0. The van der Waals surface area contributed by atoms with Crippen LogP contribution in [0.15, 0.2) is 134 Å². The van der Waals surface area contributed by atoms with Crippen molar-refractivity contribution in [3.05, 3.63) is 174 Å². The summed E-state index contributed by atoms with van der Waals surface area (Å²) in [6.07, 6.45) is 6.53. The fraction of sp³-hybridized carbons (Fsp3) is 0. The summed E-state index contributed by atoms with van der Waals surface area (Å²) in [6.45, 7) is 8.71. The molecule has 0 fully saturated rings. The van der Waals surface area contributed by atoms with E-state index in [1.54, 1.807) is 65.8 Å². The highest BCUT2D eigenvalue weighted by atomic mass is 19.2. The van der Waals surface area contributed by atoms with E-state index >= 15 is 17.6 Å². The number of hydrogen-bond acceptors (Lipinski definition) is 4. The Bertz CT molecular complexity index is 3290. The SMILES string of the molecule is [C-]#[N+]c1c(-n2c3ccccc3c3cc(-c4ncccn4)ccc32)ccc(-c2c(F)c(F)c(F)c(F)c2F)c1-n1c2ccccc2c2cc(-c3ncccn3)ccc21. The van der Waals surface area contributed by atoms with Gasteiger partial charge in [0.1, 0.15) is 0 Å². The first-order valence-electron chi connectivity index (χ1n) is 17.5. The first kappa shape index (κ1) is 33.8. The quantitative estimate of drug-likeness (QED) is 0.0759. The Morgan fingerprint density at radius 2 is 0.912 bits per heavy atom. The Morgan fingerprint density at radius 1 is 0.456 bits per heavy atom. The first-order valence-corrected chi connectivity index (χ1v) is 17.5. The Morgan fingerprint density at radius 3 is 1.44 bits per heavy atom. The fourth-order valence-electron chi connectivity index (χ4n) is 7.75. The molecule has 0 atom stereocenters. The number of aromatic nitrogens is 6. The molecule has 0 saturated carbocycles. The van der Waals surface area contributed by atoms with Gasteiger partial charge in [-0.2, -0.15) is 0 Å². The number of para-hydroxylation sites is 2. The van der Waals surface area contributed by atoms with Crippen LogP contribution in [0.5, 0.6) is 0 Å². The summed E-state index contributed by atoms with van der Waals surface area (Å²) in [4.78, 5) is 21.6. The molecule has 7 nitrogen and oxygen atoms in total. The molecule has 0 N–H and O–H groups in total. The largest absolute Gasteiger partial charge is 0.319 e. The van der Waals surface area contributed by atoms with Crippen molar-refractivity contribution in [3.63, 3.8) is 0 Å². The molecule has 0 bridgehead atoms. The van der Waals surface area contributed by atoms with Gasteiger partial charge in [0, 0.05) is 63.0 Å². The molecule has 4 aromatic heterocycles. The lowest BCUT2D eigenvalue weighted by atomic mass is 9.98. The van der Waals surface area contributed by atoms with Crippen LogP contribution < -0.4 is 0 Å². The number of halogens is 5. The molecule has 0 aliphatic rings. The van der Waals surface area contributed by atoms with Crippen LogP contribution in [0.25, 0.3) is 93.7 Å². The van der Waals surface area contributed by atoms with Gasteiger partial charge in [0.25, 0.3) is 0 Å². The van der Waals surface area contributed by atoms with Gasteiger partial charge in [-0.1, -0.05) is 42.5 Å². The molecule has 272 valence electrons. The van der Waals surface area contributed by atoms with Gasteiger partial charge >= 0.3 is 0 Å². The summed E-state index contributed by atoms with van der Waals surface area (Å²) in [5.41, 5.74) is 2.42. The monoisotopic (exact) mass is 755 g/mol. The van der Waals surface area contributed by atoms with E-state index in [9.17, 15) is 4.39 Å². The summed E-state index contributed by atoms with van der Waals surface area (Å²) in [7, 11) is 0. The molecule has 0 unspecified atom stereocenters. The van der Waals surface area contributed by atoms with Crippen LogP contribution in [-0.2, 0) is 0 Å². The minimum Gasteiger partial charge on any atom is -0.319 e. The topological polar surface area (TPSA) is 65.8 Å². The van der Waals surface area contributed by atoms with Gasteiger partial charge in [0.2, 0.25) is 11.5 Å². The highest BCUT2D eigenvalue weighted by molar-refractivity contribution is 6.13. The van der Waals surface area contributed by atoms with Gasteiger partial charge in [-0.25, -0.2) is 46.7 Å². The lowest BCUT2D eigenvalue weighted by Gasteiger charge is -2.21. The van der Waals surface area contributed by atoms with Gasteiger partial charge in [-0.3, -0.25) is 0 Å². The molecule has 0 aliphatic carbocycles. The van der Waals surface area contributed by atoms with E-state index in [2.05, 4.69) is 24.8 Å². The van der Waals surface area contributed by atoms with E-state index in [1.165, 1.54) is 12.1 Å². The number of benzene rings is 6. The lowest BCUT2D eigenvalue weighted by Crippen LogP contribution is -2.08. The van der Waals surface area contributed by atoms with Gasteiger partial charge in [-0.05, 0) is 66.7 Å². The maximum absolute atomic E-state index is 15.9. The summed E-state index contributed by atoms with van der Waals surface area (Å²) in [6, 6.07) is 32.0. The molecule has 0 amide bonds. The van der Waals surface area contributed by atoms with E-state index in [0.717, 1.165) is 16.3 Å². The van der Waals surface area contributed by atoms with E-state index in [0.29, 0.717) is 55.7 Å². The van der Waals surface area contributed by atoms with Crippen molar-refractivity contribution in [2.45, 2.75) is 0 Å². The molecule has 4 heterocycles. The average Bonchev–Trinajstić information content (AvgIpc) is 3.77. The van der Waals surface area contributed by atoms with Crippen LogP contribution in [0, 0.1) is 35.7 Å². The lowest BCUT2D eigenvalue weighted by molar-refractivity contribution is 0.381. The standard InChI is InChI=1S/C45H22F5N7/c1-51-42-35(56-31-10-4-2-8-26(31)29-22-24(12-15-33(29)56)44-52-18-6-19-53-44)17-14-28(36-37(46)39(48)41(50)40(49)38(36)47)43(42)57-32-11-5-3-9-27(32)30-23-25(13-16-34(30)57)45-54-20-7-21-55-45/h2-23H. The predicted octanol–water partition coefficient (Wildman–Crippen LogP) is 11.7. The van der Waals surface area contributed by atoms with E-state index in [-0.39, 0.29) is 16.9 Å². The van der Waals surface area contributed by atoms with Crippen molar-refractivity contribution in [2.24, 2.45) is 0 Å². The van der Waals surface area contributed by atoms with Crippen molar-refractivity contribution in [1.82, 2.24) is 29.1 Å². The van der Waals surface area contributed by atoms with E-state index < -0.39 is 34.6 Å². The minimum atomic E-state index is -2.28. The molecule has 12 heteroatoms. The molecular weight excluding hydrogens is 734 g/mol. The van der Waals surface area contributed by atoms with E-state index in [4.69, 9.17) is 6.57 Å². The van der Waals surface area contributed by atoms with Crippen molar-refractivity contribution in [2.75, 3.05) is 0 Å². The molecule has 0 aliphatic heterocycles. The maximum Gasteiger partial charge on any atom is 0.234 e. The zero-order valence-corrected chi connectivity index (χ0v) is 29.2. The van der Waals surface area contributed by atoms with Crippen molar-refractivity contribution < 1.29 is 22.0 Å². The number of nitrogens with zero attached hydrogens (tertiary/aromatic N) is 7. The number of rotatable bonds is 5. The Hall–Kier alpha value is -7.78. The zero-order chi connectivity index (χ0) is 38.9. The zero-order valence-electron chi connectivity index (χ0n) is 29.2. The molecule has 0 radical (unpaired) electrons. The van der Waals surface area contributed by atoms with E-state index in [1.807, 2.05) is 65.2 Å². The normalized spacial score (nSPS) is 11.6. The maximum atomic E-state index is 15.9. The highest BCUT2D eigenvalue weighted by Gasteiger charge is 2.31. The third-order valence-corrected chi connectivity index (χ3v) is 10.2. The summed E-state index contributed by atoms with van der Waals surface area (Å²) < 4.78 is 79.9. The molecule has 0 saturated heterocycles. The van der Waals surface area contributed by atoms with Crippen molar-refractivity contribution >= 4 is 49.3 Å². The van der Waals surface area contributed by atoms with Crippen molar-refractivity contribution in [3.8, 4) is 45.3 Å². The number of fused-ring (bicyclic) bond motifs is 6. The smallest absolute Gasteiger partial charge is 0.234 e. The second-order valence-corrected chi connectivity index (χ2v) is 13.2. The van der Waals surface area contributed by atoms with Gasteiger partial charge in [0.15, 0.2) is 34.9 Å². The second kappa shape index (κ2) is 12.9. The second-order valence-electron chi connectivity index (χ2n) is 13.2. The molecule has 10 rings (SSSR count). The van der Waals surface area contributed by atoms with Gasteiger partial charge in [-0.15, -0.1) is 0 Å². The molecular formula is C45H22F5N7. The first-order chi connectivity index (χ1) is 27.9. The summed E-state index contributed by atoms with van der Waals surface area (Å²) in [5.74, 6) is -9.55. The number of hydrogen-bond donors (Lipinski definition) is 0. The van der Waals surface area contributed by atoms with Crippen molar-refractivity contribution in [1.29, 1.82) is 0 Å². The van der Waals surface area contributed by atoms with Crippen LogP contribution in [0.3, 0.4) is 0 Å². The Labute approximate surface area is 319 Å². The third kappa shape index (κ3) is 5.02. The van der Waals surface area contributed by atoms with Crippen LogP contribution >= 0.6 is 0 Å². The molecule has 0 spiro atoms. The Kier molecular flexibility index (Phi) is 7.65. The average molecular weight is 756 g/mol. The molecule has 10 aromatic rings. The third-order valence-electron chi connectivity index (χ3n) is 10.2. The molecule has 57 heavy (non-hydrogen) atoms. The van der Waals surface area contributed by atoms with Gasteiger partial charge < -0.3 is 9.13 Å². The van der Waals surface area contributed by atoms with Crippen LogP contribution in [0.1, 0.15) is 0 Å². The predicted molar refractivity (Wildman–Crippen MR) is 209 cm³/mol. The summed E-state index contributed by atoms with van der Waals surface area (Å²) in [5, 5.41) is 3.01. The highest BCUT2D eigenvalue weighted by Crippen LogP contribution is 2.47. The Balaban J connectivity index is 1.35.